The highest BCUT2D eigenvalue weighted by Crippen LogP contribution is 2.24. The van der Waals surface area contributed by atoms with Gasteiger partial charge in [0.2, 0.25) is 0 Å². The predicted octanol–water partition coefficient (Wildman–Crippen LogP) is 0.641. The minimum atomic E-state index is 0.0720. The molecular formula is C9H18BO3. The second kappa shape index (κ2) is 5.63. The van der Waals surface area contributed by atoms with E-state index >= 15 is 0 Å². The van der Waals surface area contributed by atoms with Crippen LogP contribution in [-0.4, -0.2) is 44.3 Å². The lowest BCUT2D eigenvalue weighted by Crippen LogP contribution is -2.24. The highest BCUT2D eigenvalue weighted by Gasteiger charge is 2.34. The SMILES string of the molecule is CC[B]C1CC(OC)C(CCO)O1. The Labute approximate surface area is 80.7 Å². The van der Waals surface area contributed by atoms with Crippen LogP contribution in [0.4, 0.5) is 0 Å². The number of rotatable bonds is 5. The van der Waals surface area contributed by atoms with Gasteiger partial charge in [-0.1, -0.05) is 13.2 Å². The number of hydrogen-bond donors (Lipinski definition) is 1. The summed E-state index contributed by atoms with van der Waals surface area (Å²) in [5, 5.41) is 8.81. The zero-order valence-electron chi connectivity index (χ0n) is 8.40. The highest BCUT2D eigenvalue weighted by molar-refractivity contribution is 6.37. The van der Waals surface area contributed by atoms with E-state index in [0.29, 0.717) is 6.42 Å². The number of ether oxygens (including phenoxy) is 2. The number of methoxy groups -OCH3 is 1. The third-order valence-corrected chi connectivity index (χ3v) is 2.44. The monoisotopic (exact) mass is 185 g/mol. The van der Waals surface area contributed by atoms with Gasteiger partial charge in [0.15, 0.2) is 0 Å². The maximum Gasteiger partial charge on any atom is 0.149 e. The van der Waals surface area contributed by atoms with Crippen LogP contribution in [0, 0.1) is 0 Å². The molecule has 0 aliphatic carbocycles. The van der Waals surface area contributed by atoms with Gasteiger partial charge in [-0.15, -0.1) is 0 Å². The molecule has 1 fully saturated rings. The third kappa shape index (κ3) is 2.97. The minimum absolute atomic E-state index is 0.0720. The van der Waals surface area contributed by atoms with Crippen molar-refractivity contribution in [2.75, 3.05) is 13.7 Å². The Hall–Kier alpha value is -0.0551. The summed E-state index contributed by atoms with van der Waals surface area (Å²) >= 11 is 0. The molecule has 1 aliphatic heterocycles. The predicted molar refractivity (Wildman–Crippen MR) is 52.0 cm³/mol. The zero-order valence-corrected chi connectivity index (χ0v) is 8.40. The molecule has 3 unspecified atom stereocenters. The number of aliphatic hydroxyl groups is 1. The molecule has 1 saturated heterocycles. The first-order valence-electron chi connectivity index (χ1n) is 4.94. The minimum Gasteiger partial charge on any atom is -0.396 e. The first-order valence-corrected chi connectivity index (χ1v) is 4.94. The summed E-state index contributed by atoms with van der Waals surface area (Å²) in [5.74, 6) is 0. The normalized spacial score (nSPS) is 33.6. The molecule has 0 amide bonds. The van der Waals surface area contributed by atoms with Gasteiger partial charge in [0.05, 0.1) is 12.2 Å². The Morgan fingerprint density at radius 1 is 1.62 bits per heavy atom. The molecule has 0 spiro atoms. The van der Waals surface area contributed by atoms with Crippen molar-refractivity contribution in [3.8, 4) is 0 Å². The summed E-state index contributed by atoms with van der Waals surface area (Å²) in [7, 11) is 3.86. The third-order valence-electron chi connectivity index (χ3n) is 2.44. The zero-order chi connectivity index (χ0) is 9.68. The molecule has 75 valence electrons. The first kappa shape index (κ1) is 11.0. The van der Waals surface area contributed by atoms with E-state index in [2.05, 4.69) is 14.2 Å². The molecule has 0 bridgehead atoms. The van der Waals surface area contributed by atoms with Gasteiger partial charge >= 0.3 is 0 Å². The average Bonchev–Trinajstić information content (AvgIpc) is 2.49. The van der Waals surface area contributed by atoms with E-state index in [1.54, 1.807) is 7.11 Å². The lowest BCUT2D eigenvalue weighted by Gasteiger charge is -2.15. The average molecular weight is 185 g/mol. The summed E-state index contributed by atoms with van der Waals surface area (Å²) in [6.07, 6.45) is 2.84. The van der Waals surface area contributed by atoms with Crippen LogP contribution in [0.15, 0.2) is 0 Å². The van der Waals surface area contributed by atoms with E-state index in [-0.39, 0.29) is 24.8 Å². The van der Waals surface area contributed by atoms with Crippen LogP contribution in [0.5, 0.6) is 0 Å². The van der Waals surface area contributed by atoms with Crippen LogP contribution in [0.25, 0.3) is 0 Å². The summed E-state index contributed by atoms with van der Waals surface area (Å²) < 4.78 is 11.0. The van der Waals surface area contributed by atoms with Crippen molar-refractivity contribution in [3.05, 3.63) is 0 Å². The van der Waals surface area contributed by atoms with Crippen LogP contribution in [-0.2, 0) is 9.47 Å². The standard InChI is InChI=1S/C9H18BO3/c1-3-10-9-6-8(12-2)7(13-9)4-5-11/h7-9,11H,3-6H2,1-2H3. The van der Waals surface area contributed by atoms with E-state index in [0.717, 1.165) is 12.7 Å². The molecule has 1 radical (unpaired) electrons. The molecule has 0 saturated carbocycles. The summed E-state index contributed by atoms with van der Waals surface area (Å²) in [6, 6.07) is 0.214. The van der Waals surface area contributed by atoms with Crippen LogP contribution in [0.1, 0.15) is 19.8 Å². The maximum absolute atomic E-state index is 8.81. The fourth-order valence-corrected chi connectivity index (χ4v) is 1.79. The Morgan fingerprint density at radius 3 is 2.92 bits per heavy atom. The highest BCUT2D eigenvalue weighted by atomic mass is 16.6. The van der Waals surface area contributed by atoms with Crippen LogP contribution >= 0.6 is 0 Å². The quantitative estimate of drug-likeness (QED) is 0.638. The Balaban J connectivity index is 2.36. The van der Waals surface area contributed by atoms with Gasteiger partial charge < -0.3 is 14.6 Å². The van der Waals surface area contributed by atoms with Crippen molar-refractivity contribution in [3.63, 3.8) is 0 Å². The summed E-state index contributed by atoms with van der Waals surface area (Å²) in [5.41, 5.74) is 0. The van der Waals surface area contributed by atoms with Gasteiger partial charge in [-0.2, -0.15) is 0 Å². The van der Waals surface area contributed by atoms with Gasteiger partial charge in [-0.05, 0) is 12.8 Å². The topological polar surface area (TPSA) is 38.7 Å². The van der Waals surface area contributed by atoms with E-state index in [4.69, 9.17) is 14.6 Å². The van der Waals surface area contributed by atoms with Crippen molar-refractivity contribution in [2.24, 2.45) is 0 Å². The Kier molecular flexibility index (Phi) is 4.77. The van der Waals surface area contributed by atoms with Crippen LogP contribution < -0.4 is 0 Å². The second-order valence-corrected chi connectivity index (χ2v) is 3.38. The van der Waals surface area contributed by atoms with E-state index in [1.807, 2.05) is 0 Å². The second-order valence-electron chi connectivity index (χ2n) is 3.38. The molecule has 0 aromatic heterocycles. The van der Waals surface area contributed by atoms with Gasteiger partial charge in [0.25, 0.3) is 0 Å². The van der Waals surface area contributed by atoms with Crippen molar-refractivity contribution in [2.45, 2.75) is 44.3 Å². The lowest BCUT2D eigenvalue weighted by atomic mass is 9.68. The molecule has 1 rings (SSSR count). The van der Waals surface area contributed by atoms with Crippen molar-refractivity contribution in [1.29, 1.82) is 0 Å². The van der Waals surface area contributed by atoms with Crippen LogP contribution in [0.2, 0.25) is 6.32 Å². The van der Waals surface area contributed by atoms with Crippen molar-refractivity contribution < 1.29 is 14.6 Å². The smallest absolute Gasteiger partial charge is 0.149 e. The first-order chi connectivity index (χ1) is 6.31. The van der Waals surface area contributed by atoms with Gasteiger partial charge in [0.1, 0.15) is 7.28 Å². The molecule has 0 aromatic rings. The van der Waals surface area contributed by atoms with E-state index in [9.17, 15) is 0 Å². The fraction of sp³-hybridized carbons (Fsp3) is 1.00. The molecule has 4 heteroatoms. The molecule has 0 aromatic carbocycles. The fourth-order valence-electron chi connectivity index (χ4n) is 1.79. The molecule has 3 atom stereocenters. The largest absolute Gasteiger partial charge is 0.396 e. The van der Waals surface area contributed by atoms with Gasteiger partial charge in [-0.3, -0.25) is 0 Å². The Bertz CT molecular complexity index is 143. The number of aliphatic hydroxyl groups excluding tert-OH is 1. The molecule has 1 aliphatic rings. The van der Waals surface area contributed by atoms with Gasteiger partial charge in [-0.25, -0.2) is 0 Å². The summed E-state index contributed by atoms with van der Waals surface area (Å²) in [6.45, 7) is 2.27. The molecule has 3 nitrogen and oxygen atoms in total. The van der Waals surface area contributed by atoms with Crippen molar-refractivity contribution in [1.82, 2.24) is 0 Å². The van der Waals surface area contributed by atoms with E-state index in [1.165, 1.54) is 0 Å². The van der Waals surface area contributed by atoms with Gasteiger partial charge in [0, 0.05) is 19.7 Å². The maximum atomic E-state index is 8.81. The molecule has 1 heterocycles. The van der Waals surface area contributed by atoms with Crippen LogP contribution in [0.3, 0.4) is 0 Å². The molecular weight excluding hydrogens is 167 g/mol. The van der Waals surface area contributed by atoms with E-state index < -0.39 is 0 Å². The van der Waals surface area contributed by atoms with Crippen molar-refractivity contribution >= 4 is 7.28 Å². The Morgan fingerprint density at radius 2 is 2.38 bits per heavy atom. The molecule has 1 N–H and O–H groups in total. The summed E-state index contributed by atoms with van der Waals surface area (Å²) in [4.78, 5) is 0. The molecule has 13 heavy (non-hydrogen) atoms. The lowest BCUT2D eigenvalue weighted by molar-refractivity contribution is -0.00321. The number of hydrogen-bond acceptors (Lipinski definition) is 3.